The summed E-state index contributed by atoms with van der Waals surface area (Å²) in [6, 6.07) is 9.36. The number of esters is 1. The molecule has 0 spiro atoms. The van der Waals surface area contributed by atoms with Crippen LogP contribution in [0.15, 0.2) is 30.3 Å². The molecule has 108 valence electrons. The van der Waals surface area contributed by atoms with E-state index in [4.69, 9.17) is 27.9 Å². The molecule has 0 bridgehead atoms. The Labute approximate surface area is 131 Å². The van der Waals surface area contributed by atoms with Gasteiger partial charge in [-0.2, -0.15) is 0 Å². The molecule has 2 rings (SSSR count). The second-order valence-electron chi connectivity index (χ2n) is 4.15. The third-order valence-electron chi connectivity index (χ3n) is 2.79. The van der Waals surface area contributed by atoms with Crippen molar-refractivity contribution in [2.45, 2.75) is 16.8 Å². The van der Waals surface area contributed by atoms with Gasteiger partial charge in [0, 0.05) is 12.3 Å². The lowest BCUT2D eigenvalue weighted by molar-refractivity contribution is -0.151. The Morgan fingerprint density at radius 3 is 2.70 bits per heavy atom. The van der Waals surface area contributed by atoms with E-state index in [9.17, 15) is 9.59 Å². The van der Waals surface area contributed by atoms with Crippen LogP contribution in [0.1, 0.15) is 5.56 Å². The van der Waals surface area contributed by atoms with Gasteiger partial charge in [0.1, 0.15) is 6.61 Å². The summed E-state index contributed by atoms with van der Waals surface area (Å²) in [5.41, 5.74) is 0.897. The molecule has 0 N–H and O–H groups in total. The highest BCUT2D eigenvalue weighted by molar-refractivity contribution is 8.00. The number of thioether (sulfide) groups is 1. The van der Waals surface area contributed by atoms with Crippen LogP contribution in [0.25, 0.3) is 0 Å². The maximum atomic E-state index is 12.0. The number of carbonyl (C=O) groups excluding carboxylic acids is 2. The molecule has 1 saturated heterocycles. The average Bonchev–Trinajstić information content (AvgIpc) is 2.94. The third-order valence-corrected chi connectivity index (χ3v) is 4.34. The Balaban J connectivity index is 1.93. The van der Waals surface area contributed by atoms with Crippen molar-refractivity contribution in [2.24, 2.45) is 0 Å². The number of hydrogen-bond acceptors (Lipinski definition) is 4. The van der Waals surface area contributed by atoms with E-state index in [2.05, 4.69) is 0 Å². The first-order valence-corrected chi connectivity index (χ1v) is 7.92. The number of hydrogen-bond donors (Lipinski definition) is 0. The van der Waals surface area contributed by atoms with Gasteiger partial charge in [0.2, 0.25) is 0 Å². The fourth-order valence-electron chi connectivity index (χ4n) is 1.82. The number of amides is 1. The number of nitrogens with zero attached hydrogens (tertiary/aromatic N) is 1. The molecule has 0 aliphatic carbocycles. The smallest absolute Gasteiger partial charge is 0.339 e. The minimum Gasteiger partial charge on any atom is -0.459 e. The Kier molecular flexibility index (Phi) is 5.57. The first-order chi connectivity index (χ1) is 9.59. The van der Waals surface area contributed by atoms with Crippen molar-refractivity contribution in [1.29, 1.82) is 0 Å². The number of halogens is 2. The highest BCUT2D eigenvalue weighted by atomic mass is 35.5. The molecule has 1 unspecified atom stereocenters. The number of alkyl halides is 2. The topological polar surface area (TPSA) is 46.6 Å². The SMILES string of the molecule is O=C(OCc1ccccc1)C1SCCN1C(=O)C(Cl)Cl. The van der Waals surface area contributed by atoms with E-state index in [1.54, 1.807) is 0 Å². The van der Waals surface area contributed by atoms with Crippen molar-refractivity contribution in [1.82, 2.24) is 4.90 Å². The minimum atomic E-state index is -1.15. The summed E-state index contributed by atoms with van der Waals surface area (Å²) in [5, 5.41) is -0.661. The molecule has 1 aromatic rings. The molecule has 7 heteroatoms. The Hall–Kier alpha value is -0.910. The van der Waals surface area contributed by atoms with Crippen LogP contribution in [0.4, 0.5) is 0 Å². The molecule has 1 atom stereocenters. The maximum Gasteiger partial charge on any atom is 0.339 e. The van der Waals surface area contributed by atoms with E-state index in [1.165, 1.54) is 16.7 Å². The van der Waals surface area contributed by atoms with Gasteiger partial charge in [-0.15, -0.1) is 11.8 Å². The zero-order chi connectivity index (χ0) is 14.5. The quantitative estimate of drug-likeness (QED) is 0.627. The number of rotatable bonds is 4. The Morgan fingerprint density at radius 1 is 1.35 bits per heavy atom. The van der Waals surface area contributed by atoms with Crippen LogP contribution in [0, 0.1) is 0 Å². The van der Waals surface area contributed by atoms with Gasteiger partial charge in [-0.25, -0.2) is 4.79 Å². The summed E-state index contributed by atoms with van der Waals surface area (Å²) in [5.74, 6) is -0.240. The lowest BCUT2D eigenvalue weighted by atomic mass is 10.2. The van der Waals surface area contributed by atoms with Crippen LogP contribution in [0.2, 0.25) is 0 Å². The van der Waals surface area contributed by atoms with E-state index >= 15 is 0 Å². The lowest BCUT2D eigenvalue weighted by Crippen LogP contribution is -2.42. The summed E-state index contributed by atoms with van der Waals surface area (Å²) in [7, 11) is 0. The van der Waals surface area contributed by atoms with Gasteiger partial charge in [-0.05, 0) is 5.56 Å². The monoisotopic (exact) mass is 333 g/mol. The fourth-order valence-corrected chi connectivity index (χ4v) is 3.19. The Morgan fingerprint density at radius 2 is 2.05 bits per heavy atom. The first-order valence-electron chi connectivity index (χ1n) is 6.00. The molecule has 0 radical (unpaired) electrons. The van der Waals surface area contributed by atoms with E-state index in [1.807, 2.05) is 30.3 Å². The zero-order valence-corrected chi connectivity index (χ0v) is 12.8. The number of carbonyl (C=O) groups is 2. The summed E-state index contributed by atoms with van der Waals surface area (Å²) < 4.78 is 5.23. The van der Waals surface area contributed by atoms with Gasteiger partial charge >= 0.3 is 5.97 Å². The molecular weight excluding hydrogens is 321 g/mol. The molecule has 1 aromatic carbocycles. The molecule has 0 aromatic heterocycles. The molecule has 20 heavy (non-hydrogen) atoms. The summed E-state index contributed by atoms with van der Waals surface area (Å²) in [4.78, 5) is 24.0. The predicted octanol–water partition coefficient (Wildman–Crippen LogP) is 2.44. The van der Waals surface area contributed by atoms with Gasteiger partial charge in [0.15, 0.2) is 10.2 Å². The minimum absolute atomic E-state index is 0.184. The second-order valence-corrected chi connectivity index (χ2v) is 6.43. The molecule has 0 saturated carbocycles. The fraction of sp³-hybridized carbons (Fsp3) is 0.385. The summed E-state index contributed by atoms with van der Waals surface area (Å²) in [6.45, 7) is 0.633. The largest absolute Gasteiger partial charge is 0.459 e. The van der Waals surface area contributed by atoms with Crippen LogP contribution in [0.3, 0.4) is 0 Å². The van der Waals surface area contributed by atoms with Gasteiger partial charge in [0.25, 0.3) is 5.91 Å². The third kappa shape index (κ3) is 3.81. The average molecular weight is 334 g/mol. The van der Waals surface area contributed by atoms with Crippen molar-refractivity contribution < 1.29 is 14.3 Å². The zero-order valence-electron chi connectivity index (χ0n) is 10.5. The highest BCUT2D eigenvalue weighted by Gasteiger charge is 2.37. The molecule has 1 aliphatic heterocycles. The Bertz CT molecular complexity index is 484. The first kappa shape index (κ1) is 15.5. The predicted molar refractivity (Wildman–Crippen MR) is 79.7 cm³/mol. The van der Waals surface area contributed by atoms with Gasteiger partial charge in [-0.1, -0.05) is 53.5 Å². The van der Waals surface area contributed by atoms with Crippen molar-refractivity contribution >= 4 is 46.8 Å². The van der Waals surface area contributed by atoms with Crippen molar-refractivity contribution in [3.8, 4) is 0 Å². The summed E-state index contributed by atoms with van der Waals surface area (Å²) in [6.07, 6.45) is 0. The molecule has 1 aliphatic rings. The standard InChI is InChI=1S/C13H13Cl2NO3S/c14-10(15)11(17)16-6-7-20-12(16)13(18)19-8-9-4-2-1-3-5-9/h1-5,10,12H,6-8H2. The van der Waals surface area contributed by atoms with E-state index in [-0.39, 0.29) is 6.61 Å². The van der Waals surface area contributed by atoms with Crippen LogP contribution < -0.4 is 0 Å². The van der Waals surface area contributed by atoms with Gasteiger partial charge < -0.3 is 9.64 Å². The normalized spacial score (nSPS) is 18.4. The van der Waals surface area contributed by atoms with E-state index in [0.717, 1.165) is 5.56 Å². The van der Waals surface area contributed by atoms with Crippen molar-refractivity contribution in [3.63, 3.8) is 0 Å². The number of ether oxygens (including phenoxy) is 1. The molecule has 4 nitrogen and oxygen atoms in total. The maximum absolute atomic E-state index is 12.0. The van der Waals surface area contributed by atoms with Crippen LogP contribution in [0.5, 0.6) is 0 Å². The summed E-state index contributed by atoms with van der Waals surface area (Å²) >= 11 is 12.5. The van der Waals surface area contributed by atoms with Crippen LogP contribution in [-0.2, 0) is 20.9 Å². The number of benzene rings is 1. The van der Waals surface area contributed by atoms with Crippen molar-refractivity contribution in [3.05, 3.63) is 35.9 Å². The molecular formula is C13H13Cl2NO3S. The second kappa shape index (κ2) is 7.20. The van der Waals surface area contributed by atoms with Crippen LogP contribution in [-0.4, -0.2) is 39.3 Å². The highest BCUT2D eigenvalue weighted by Crippen LogP contribution is 2.27. The molecule has 1 amide bonds. The van der Waals surface area contributed by atoms with Gasteiger partial charge in [0.05, 0.1) is 0 Å². The van der Waals surface area contributed by atoms with Gasteiger partial charge in [-0.3, -0.25) is 4.79 Å². The molecule has 1 fully saturated rings. The van der Waals surface area contributed by atoms with Crippen molar-refractivity contribution in [2.75, 3.05) is 12.3 Å². The van der Waals surface area contributed by atoms with Crippen LogP contribution >= 0.6 is 35.0 Å². The van der Waals surface area contributed by atoms with E-state index in [0.29, 0.717) is 12.3 Å². The molecule has 1 heterocycles. The van der Waals surface area contributed by atoms with E-state index < -0.39 is 22.1 Å². The lowest BCUT2D eigenvalue weighted by Gasteiger charge is -2.22.